The Balaban J connectivity index is 0.00000267. The van der Waals surface area contributed by atoms with Gasteiger partial charge < -0.3 is 15.3 Å². The first-order valence-corrected chi connectivity index (χ1v) is 12.9. The monoisotopic (exact) mass is 588 g/mol. The summed E-state index contributed by atoms with van der Waals surface area (Å²) < 4.78 is 65.3. The van der Waals surface area contributed by atoms with E-state index in [0.717, 1.165) is 30.3 Å². The van der Waals surface area contributed by atoms with E-state index in [9.17, 15) is 41.3 Å². The Morgan fingerprint density at radius 3 is 1.82 bits per heavy atom. The van der Waals surface area contributed by atoms with Crippen LogP contribution in [0.5, 0.6) is 17.2 Å². The van der Waals surface area contributed by atoms with Crippen molar-refractivity contribution < 1.29 is 100 Å². The van der Waals surface area contributed by atoms with Crippen LogP contribution in [0.2, 0.25) is 0 Å². The van der Waals surface area contributed by atoms with Crippen molar-refractivity contribution in [2.75, 3.05) is 0 Å². The van der Waals surface area contributed by atoms with E-state index in [1.807, 2.05) is 0 Å². The molecule has 13 nitrogen and oxygen atoms in total. The zero-order chi connectivity index (χ0) is 27.0. The molecule has 3 N–H and O–H groups in total. The van der Waals surface area contributed by atoms with Gasteiger partial charge in [0.2, 0.25) is 0 Å². The number of fused-ring (bicyclic) bond motifs is 1. The van der Waals surface area contributed by atoms with E-state index in [4.69, 9.17) is 0 Å². The van der Waals surface area contributed by atoms with Crippen LogP contribution in [0.1, 0.15) is 0 Å². The standard InChI is InChI=1S/C22H16N4O9S2.2Na/c27-18-7-6-16(22(29)21(18)26-23-13-4-2-1-3-5-13)24-25-17-10-14(36(30,31)32)8-12-9-15(37(33,34)35)11-19(28)20(12)17;;/h1-11,27-29H,(H,30,31,32)(H,33,34,35);;/q;2*+1/p-2. The third-order valence-corrected chi connectivity index (χ3v) is 6.57. The Labute approximate surface area is 266 Å². The third-order valence-electron chi connectivity index (χ3n) is 4.91. The van der Waals surface area contributed by atoms with Crippen molar-refractivity contribution in [1.29, 1.82) is 0 Å². The smallest absolute Gasteiger partial charge is 0.871 e. The van der Waals surface area contributed by atoms with E-state index in [1.165, 1.54) is 0 Å². The number of rotatable bonds is 6. The molecule has 4 rings (SSSR count). The molecule has 0 heterocycles. The second kappa shape index (κ2) is 12.8. The van der Waals surface area contributed by atoms with E-state index >= 15 is 0 Å². The van der Waals surface area contributed by atoms with Crippen LogP contribution in [0.4, 0.5) is 22.7 Å². The molecule has 0 atom stereocenters. The summed E-state index contributed by atoms with van der Waals surface area (Å²) in [4.78, 5) is -1.50. The van der Waals surface area contributed by atoms with Gasteiger partial charge in [-0.15, -0.1) is 5.11 Å². The van der Waals surface area contributed by atoms with Gasteiger partial charge in [0.15, 0.2) is 0 Å². The predicted molar refractivity (Wildman–Crippen MR) is 125 cm³/mol. The van der Waals surface area contributed by atoms with E-state index in [2.05, 4.69) is 20.5 Å². The number of benzene rings is 4. The first kappa shape index (κ1) is 32.8. The van der Waals surface area contributed by atoms with Gasteiger partial charge in [-0.25, -0.2) is 0 Å². The molecule has 4 aromatic carbocycles. The van der Waals surface area contributed by atoms with Crippen LogP contribution in [-0.4, -0.2) is 31.0 Å². The Morgan fingerprint density at radius 2 is 1.23 bits per heavy atom. The van der Waals surface area contributed by atoms with Gasteiger partial charge >= 0.3 is 59.1 Å². The average molecular weight is 588 g/mol. The van der Waals surface area contributed by atoms with Crippen LogP contribution in [0.25, 0.3) is 10.8 Å². The predicted octanol–water partition coefficient (Wildman–Crippen LogP) is -1.98. The average Bonchev–Trinajstić information content (AvgIpc) is 2.82. The summed E-state index contributed by atoms with van der Waals surface area (Å²) in [6.45, 7) is 0. The number of hydrogen-bond acceptors (Lipinski definition) is 11. The molecule has 4 aromatic rings. The van der Waals surface area contributed by atoms with Crippen molar-refractivity contribution in [3.63, 3.8) is 0 Å². The van der Waals surface area contributed by atoms with Crippen LogP contribution < -0.4 is 69.3 Å². The van der Waals surface area contributed by atoms with Gasteiger partial charge in [-0.1, -0.05) is 35.8 Å². The molecule has 0 aromatic heterocycles. The number of phenols is 1. The molecule has 0 saturated carbocycles. The van der Waals surface area contributed by atoms with Crippen LogP contribution >= 0.6 is 0 Å². The van der Waals surface area contributed by atoms with Gasteiger partial charge in [0.25, 0.3) is 20.2 Å². The first-order valence-electron chi connectivity index (χ1n) is 10.00. The Bertz CT molecular complexity index is 1810. The van der Waals surface area contributed by atoms with Gasteiger partial charge in [-0.05, 0) is 41.8 Å². The van der Waals surface area contributed by atoms with Crippen molar-refractivity contribution >= 4 is 53.8 Å². The summed E-state index contributed by atoms with van der Waals surface area (Å²) in [7, 11) is -9.63. The quantitative estimate of drug-likeness (QED) is 0.129. The molecule has 17 heteroatoms. The SMILES string of the molecule is O=S(=O)(O)c1cc(O)c2c(N=Nc3ccc([O-])c(N=Nc4ccccc4)c3[O-])cc(S(=O)(=O)O)cc2c1.[Na+].[Na+]. The molecule has 39 heavy (non-hydrogen) atoms. The van der Waals surface area contributed by atoms with Crippen molar-refractivity contribution in [2.24, 2.45) is 20.5 Å². The minimum Gasteiger partial charge on any atom is -0.871 e. The van der Waals surface area contributed by atoms with Crippen LogP contribution in [0.3, 0.4) is 0 Å². The Kier molecular flexibility index (Phi) is 10.8. The summed E-state index contributed by atoms with van der Waals surface area (Å²) in [5, 5.41) is 49.9. The van der Waals surface area contributed by atoms with Gasteiger partial charge in [-0.3, -0.25) is 9.11 Å². The fourth-order valence-electron chi connectivity index (χ4n) is 3.22. The van der Waals surface area contributed by atoms with Gasteiger partial charge in [0.05, 0.1) is 37.9 Å². The van der Waals surface area contributed by atoms with E-state index < -0.39 is 53.0 Å². The largest absolute Gasteiger partial charge is 1.00 e. The maximum absolute atomic E-state index is 12.8. The molecule has 0 aliphatic heterocycles. The van der Waals surface area contributed by atoms with Gasteiger partial charge in [0, 0.05) is 6.07 Å². The molecule has 0 bridgehead atoms. The number of aromatic hydroxyl groups is 1. The maximum atomic E-state index is 12.8. The van der Waals surface area contributed by atoms with Crippen molar-refractivity contribution in [3.05, 3.63) is 66.7 Å². The van der Waals surface area contributed by atoms with E-state index in [0.29, 0.717) is 11.8 Å². The summed E-state index contributed by atoms with van der Waals surface area (Å²) >= 11 is 0. The number of hydrogen-bond donors (Lipinski definition) is 3. The van der Waals surface area contributed by atoms with Gasteiger partial charge in [0.1, 0.15) is 5.75 Å². The number of nitrogens with zero attached hydrogens (tertiary/aromatic N) is 4. The van der Waals surface area contributed by atoms with Crippen molar-refractivity contribution in [3.8, 4) is 17.2 Å². The maximum Gasteiger partial charge on any atom is 1.00 e. The molecule has 0 fully saturated rings. The fraction of sp³-hybridized carbons (Fsp3) is 0. The van der Waals surface area contributed by atoms with E-state index in [-0.39, 0.29) is 81.3 Å². The minimum atomic E-state index is -4.84. The van der Waals surface area contributed by atoms with E-state index in [1.54, 1.807) is 30.3 Å². The molecule has 0 amide bonds. The van der Waals surface area contributed by atoms with Gasteiger partial charge in [-0.2, -0.15) is 32.2 Å². The zero-order valence-corrected chi connectivity index (χ0v) is 25.9. The molecule has 0 radical (unpaired) electrons. The summed E-state index contributed by atoms with van der Waals surface area (Å²) in [6.07, 6.45) is 0. The summed E-state index contributed by atoms with van der Waals surface area (Å²) in [5.74, 6) is -2.41. The second-order valence-corrected chi connectivity index (χ2v) is 10.3. The third kappa shape index (κ3) is 7.61. The minimum absolute atomic E-state index is 0. The molecule has 0 saturated heterocycles. The number of phenolic OH excluding ortho intramolecular Hbond substituents is 1. The molecule has 190 valence electrons. The molecular weight excluding hydrogens is 574 g/mol. The first-order chi connectivity index (χ1) is 17.3. The number of azo groups is 2. The molecule has 0 spiro atoms. The van der Waals surface area contributed by atoms with Crippen LogP contribution in [0, 0.1) is 0 Å². The van der Waals surface area contributed by atoms with Crippen LogP contribution in [0.15, 0.2) is 97.0 Å². The molecule has 0 aliphatic rings. The molecule has 0 unspecified atom stereocenters. The topological polar surface area (TPSA) is 225 Å². The summed E-state index contributed by atoms with van der Waals surface area (Å²) in [6, 6.07) is 13.5. The molecular formula is C22H14N4Na2O9S2. The Hall–Kier alpha value is -2.44. The fourth-order valence-corrected chi connectivity index (χ4v) is 4.29. The Morgan fingerprint density at radius 1 is 0.667 bits per heavy atom. The van der Waals surface area contributed by atoms with Crippen molar-refractivity contribution in [2.45, 2.75) is 9.79 Å². The zero-order valence-electron chi connectivity index (χ0n) is 20.2. The molecule has 0 aliphatic carbocycles. The second-order valence-electron chi connectivity index (χ2n) is 7.43. The normalized spacial score (nSPS) is 11.9. The van der Waals surface area contributed by atoms with Crippen LogP contribution in [-0.2, 0) is 20.2 Å². The van der Waals surface area contributed by atoms with Crippen molar-refractivity contribution in [1.82, 2.24) is 0 Å². The summed E-state index contributed by atoms with van der Waals surface area (Å²) in [5.41, 5.74) is -0.956.